The molecule has 0 aliphatic carbocycles. The van der Waals surface area contributed by atoms with Crippen molar-refractivity contribution in [3.8, 4) is 17.2 Å². The van der Waals surface area contributed by atoms with Crippen molar-refractivity contribution in [3.05, 3.63) is 58.6 Å². The number of carbonyl (C=O) groups excluding carboxylic acids is 1. The fourth-order valence-electron chi connectivity index (χ4n) is 2.17. The summed E-state index contributed by atoms with van der Waals surface area (Å²) >= 11 is 5.95. The number of methoxy groups -OCH3 is 1. The van der Waals surface area contributed by atoms with E-state index in [1.165, 1.54) is 55.7 Å². The van der Waals surface area contributed by atoms with Crippen LogP contribution in [0.1, 0.15) is 15.9 Å². The Balaban J connectivity index is 2.13. The highest BCUT2D eigenvalue weighted by atomic mass is 35.5. The van der Waals surface area contributed by atoms with Crippen molar-refractivity contribution in [2.45, 2.75) is 6.61 Å². The largest absolute Gasteiger partial charge is 0.493 e. The van der Waals surface area contributed by atoms with Gasteiger partial charge in [0.05, 0.1) is 12.1 Å². The molecule has 0 spiro atoms. The number of benzene rings is 2. The lowest BCUT2D eigenvalue weighted by atomic mass is 10.1. The van der Waals surface area contributed by atoms with E-state index >= 15 is 0 Å². The second-order valence-corrected chi connectivity index (χ2v) is 5.72. The highest BCUT2D eigenvalue weighted by Gasteiger charge is 2.15. The maximum atomic E-state index is 12.4. The third-order valence-electron chi connectivity index (χ3n) is 3.39. The first-order valence-corrected chi connectivity index (χ1v) is 8.17. The van der Waals surface area contributed by atoms with Crippen LogP contribution in [0.2, 0.25) is 5.02 Å². The third kappa shape index (κ3) is 5.95. The average molecular weight is 413 g/mol. The first-order valence-electron chi connectivity index (χ1n) is 7.79. The van der Waals surface area contributed by atoms with Gasteiger partial charge in [-0.1, -0.05) is 17.7 Å². The lowest BCUT2D eigenvalue weighted by Crippen LogP contribution is -2.09. The zero-order valence-corrected chi connectivity index (χ0v) is 15.3. The van der Waals surface area contributed by atoms with Crippen LogP contribution in [-0.4, -0.2) is 37.2 Å². The van der Waals surface area contributed by atoms with Gasteiger partial charge in [-0.2, -0.15) is 8.78 Å². The molecule has 1 N–H and O–H groups in total. The molecule has 0 unspecified atom stereocenters. The summed E-state index contributed by atoms with van der Waals surface area (Å²) in [6.07, 6.45) is 2.71. The van der Waals surface area contributed by atoms with E-state index in [9.17, 15) is 18.4 Å². The van der Waals surface area contributed by atoms with Crippen LogP contribution < -0.4 is 14.2 Å². The number of ether oxygens (including phenoxy) is 3. The van der Waals surface area contributed by atoms with Crippen molar-refractivity contribution in [2.75, 3.05) is 13.7 Å². The Morgan fingerprint density at radius 3 is 2.46 bits per heavy atom. The lowest BCUT2D eigenvalue weighted by molar-refractivity contribution is -0.139. The molecule has 0 aliphatic rings. The third-order valence-corrected chi connectivity index (χ3v) is 3.67. The Kier molecular flexibility index (Phi) is 7.34. The predicted octanol–water partition coefficient (Wildman–Crippen LogP) is 4.31. The number of alkyl halides is 2. The van der Waals surface area contributed by atoms with Crippen molar-refractivity contribution in [3.63, 3.8) is 0 Å². The number of carbonyl (C=O) groups is 2. The molecule has 28 heavy (non-hydrogen) atoms. The minimum absolute atomic E-state index is 0.000156. The standard InChI is InChI=1S/C19H15ClF2O6/c1-26-16-9-11(8-14(20)18(16)28-19(21)22)2-7-15(23)12-3-5-13(6-4-12)27-10-17(24)25/h2-9,19H,10H2,1H3,(H,24,25)/b7-2+. The number of hydrogen-bond acceptors (Lipinski definition) is 5. The summed E-state index contributed by atoms with van der Waals surface area (Å²) in [7, 11) is 1.27. The van der Waals surface area contributed by atoms with E-state index in [1.807, 2.05) is 0 Å². The molecule has 0 aliphatic heterocycles. The molecule has 0 heterocycles. The smallest absolute Gasteiger partial charge is 0.387 e. The molecule has 0 amide bonds. The van der Waals surface area contributed by atoms with Gasteiger partial charge in [0.15, 0.2) is 23.9 Å². The fraction of sp³-hybridized carbons (Fsp3) is 0.158. The first-order chi connectivity index (χ1) is 13.3. The lowest BCUT2D eigenvalue weighted by Gasteiger charge is -2.12. The Labute approximate surface area is 163 Å². The molecule has 9 heteroatoms. The Bertz CT molecular complexity index is 881. The summed E-state index contributed by atoms with van der Waals surface area (Å²) < 4.78 is 39.2. The van der Waals surface area contributed by atoms with Crippen molar-refractivity contribution >= 4 is 29.4 Å². The molecule has 0 bridgehead atoms. The van der Waals surface area contributed by atoms with Gasteiger partial charge in [-0.25, -0.2) is 4.79 Å². The molecular formula is C19H15ClF2O6. The molecule has 2 aromatic rings. The highest BCUT2D eigenvalue weighted by molar-refractivity contribution is 6.32. The zero-order valence-electron chi connectivity index (χ0n) is 14.5. The maximum absolute atomic E-state index is 12.4. The van der Waals surface area contributed by atoms with Gasteiger partial charge < -0.3 is 19.3 Å². The molecule has 2 aromatic carbocycles. The van der Waals surface area contributed by atoms with Crippen molar-refractivity contribution in [2.24, 2.45) is 0 Å². The number of carboxylic acid groups (broad SMARTS) is 1. The first kappa shape index (κ1) is 21.2. The molecule has 6 nitrogen and oxygen atoms in total. The van der Waals surface area contributed by atoms with Gasteiger partial charge in [0, 0.05) is 5.56 Å². The SMILES string of the molecule is COc1cc(/C=C/C(=O)c2ccc(OCC(=O)O)cc2)cc(Cl)c1OC(F)F. The summed E-state index contributed by atoms with van der Waals surface area (Å²) in [5, 5.41) is 8.47. The van der Waals surface area contributed by atoms with E-state index in [-0.39, 0.29) is 22.3 Å². The topological polar surface area (TPSA) is 82.1 Å². The number of allylic oxidation sites excluding steroid dienone is 1. The Morgan fingerprint density at radius 2 is 1.89 bits per heavy atom. The van der Waals surface area contributed by atoms with Crippen LogP contribution in [0.15, 0.2) is 42.5 Å². The van der Waals surface area contributed by atoms with Crippen LogP contribution in [-0.2, 0) is 4.79 Å². The van der Waals surface area contributed by atoms with Crippen LogP contribution in [0.25, 0.3) is 6.08 Å². The van der Waals surface area contributed by atoms with Gasteiger partial charge in [-0.15, -0.1) is 0 Å². The predicted molar refractivity (Wildman–Crippen MR) is 97.6 cm³/mol. The normalized spacial score (nSPS) is 10.9. The molecule has 0 saturated carbocycles. The van der Waals surface area contributed by atoms with Crippen LogP contribution >= 0.6 is 11.6 Å². The molecule has 0 radical (unpaired) electrons. The summed E-state index contributed by atoms with van der Waals surface area (Å²) in [6, 6.07) is 8.67. The summed E-state index contributed by atoms with van der Waals surface area (Å²) in [5.41, 5.74) is 0.785. The van der Waals surface area contributed by atoms with Gasteiger partial charge in [0.2, 0.25) is 0 Å². The molecule has 0 atom stereocenters. The summed E-state index contributed by atoms with van der Waals surface area (Å²) in [5.74, 6) is -1.43. The average Bonchev–Trinajstić information content (AvgIpc) is 2.66. The minimum atomic E-state index is -3.06. The summed E-state index contributed by atoms with van der Waals surface area (Å²) in [4.78, 5) is 22.7. The Morgan fingerprint density at radius 1 is 1.21 bits per heavy atom. The quantitative estimate of drug-likeness (QED) is 0.488. The van der Waals surface area contributed by atoms with Crippen LogP contribution in [0.5, 0.6) is 17.2 Å². The van der Waals surface area contributed by atoms with Crippen LogP contribution in [0, 0.1) is 0 Å². The monoisotopic (exact) mass is 412 g/mol. The van der Waals surface area contributed by atoms with E-state index in [1.54, 1.807) is 0 Å². The second-order valence-electron chi connectivity index (χ2n) is 5.32. The van der Waals surface area contributed by atoms with Gasteiger partial charge in [-0.05, 0) is 48.0 Å². The van der Waals surface area contributed by atoms with Crippen LogP contribution in [0.3, 0.4) is 0 Å². The molecular weight excluding hydrogens is 398 g/mol. The molecule has 0 aromatic heterocycles. The van der Waals surface area contributed by atoms with Crippen LogP contribution in [0.4, 0.5) is 8.78 Å². The molecule has 0 saturated heterocycles. The number of rotatable bonds is 9. The maximum Gasteiger partial charge on any atom is 0.387 e. The second kappa shape index (κ2) is 9.70. The van der Waals surface area contributed by atoms with E-state index in [4.69, 9.17) is 26.2 Å². The van der Waals surface area contributed by atoms with E-state index < -0.39 is 19.2 Å². The van der Waals surface area contributed by atoms with E-state index in [0.29, 0.717) is 16.9 Å². The number of aliphatic carboxylic acids is 1. The van der Waals surface area contributed by atoms with Gasteiger partial charge in [0.1, 0.15) is 5.75 Å². The molecule has 2 rings (SSSR count). The van der Waals surface area contributed by atoms with Crippen molar-refractivity contribution in [1.29, 1.82) is 0 Å². The fourth-order valence-corrected chi connectivity index (χ4v) is 2.43. The number of ketones is 1. The van der Waals surface area contributed by atoms with Gasteiger partial charge >= 0.3 is 12.6 Å². The zero-order chi connectivity index (χ0) is 20.7. The number of carboxylic acids is 1. The van der Waals surface area contributed by atoms with E-state index in [0.717, 1.165) is 0 Å². The van der Waals surface area contributed by atoms with Gasteiger partial charge in [0.25, 0.3) is 0 Å². The van der Waals surface area contributed by atoms with Gasteiger partial charge in [-0.3, -0.25) is 4.79 Å². The number of halogens is 3. The van der Waals surface area contributed by atoms with Crippen molar-refractivity contribution in [1.82, 2.24) is 0 Å². The minimum Gasteiger partial charge on any atom is -0.493 e. The van der Waals surface area contributed by atoms with Crippen molar-refractivity contribution < 1.29 is 37.7 Å². The number of hydrogen-bond donors (Lipinski definition) is 1. The summed E-state index contributed by atoms with van der Waals surface area (Å²) in [6.45, 7) is -3.54. The Hall–Kier alpha value is -3.13. The molecule has 0 fully saturated rings. The highest BCUT2D eigenvalue weighted by Crippen LogP contribution is 2.37. The molecule has 148 valence electrons. The van der Waals surface area contributed by atoms with E-state index in [2.05, 4.69) is 4.74 Å².